The van der Waals surface area contributed by atoms with Gasteiger partial charge in [-0.2, -0.15) is 11.8 Å². The van der Waals surface area contributed by atoms with E-state index in [9.17, 15) is 4.79 Å². The van der Waals surface area contributed by atoms with E-state index in [0.29, 0.717) is 10.7 Å². The standard InChI is InChI=1S/C15H17ClN2OS/c1-3-10(9-20-2)18-15(19)13-8-17-14(16)12-7-5-4-6-11(12)13/h4-8,10H,3,9H2,1-2H3,(H,18,19). The van der Waals surface area contributed by atoms with E-state index in [4.69, 9.17) is 11.6 Å². The Kier molecular flexibility index (Phi) is 5.26. The van der Waals surface area contributed by atoms with Crippen LogP contribution in [0, 0.1) is 0 Å². The van der Waals surface area contributed by atoms with E-state index in [0.717, 1.165) is 22.9 Å². The minimum absolute atomic E-state index is 0.0914. The van der Waals surface area contributed by atoms with Gasteiger partial charge in [0.25, 0.3) is 5.91 Å². The van der Waals surface area contributed by atoms with Crippen LogP contribution in [-0.2, 0) is 0 Å². The first-order valence-corrected chi connectivity index (χ1v) is 8.27. The number of thioether (sulfide) groups is 1. The van der Waals surface area contributed by atoms with Gasteiger partial charge in [0.1, 0.15) is 5.15 Å². The summed E-state index contributed by atoms with van der Waals surface area (Å²) in [5.74, 6) is 0.813. The number of carbonyl (C=O) groups excluding carboxylic acids is 1. The highest BCUT2D eigenvalue weighted by Crippen LogP contribution is 2.24. The smallest absolute Gasteiger partial charge is 0.253 e. The molecule has 1 unspecified atom stereocenters. The van der Waals surface area contributed by atoms with Crippen LogP contribution in [0.5, 0.6) is 0 Å². The fourth-order valence-electron chi connectivity index (χ4n) is 2.07. The quantitative estimate of drug-likeness (QED) is 0.855. The second-order valence-electron chi connectivity index (χ2n) is 4.54. The molecule has 0 saturated heterocycles. The number of carbonyl (C=O) groups is 1. The van der Waals surface area contributed by atoms with Crippen LogP contribution in [-0.4, -0.2) is 28.9 Å². The lowest BCUT2D eigenvalue weighted by molar-refractivity contribution is 0.0941. The zero-order valence-electron chi connectivity index (χ0n) is 11.5. The number of nitrogens with zero attached hydrogens (tertiary/aromatic N) is 1. The first-order valence-electron chi connectivity index (χ1n) is 6.50. The lowest BCUT2D eigenvalue weighted by Gasteiger charge is -2.16. The Morgan fingerprint density at radius 1 is 1.40 bits per heavy atom. The molecule has 0 aliphatic heterocycles. The summed E-state index contributed by atoms with van der Waals surface area (Å²) in [5, 5.41) is 5.12. The predicted octanol–water partition coefficient (Wildman–Crippen LogP) is 3.76. The summed E-state index contributed by atoms with van der Waals surface area (Å²) < 4.78 is 0. The summed E-state index contributed by atoms with van der Waals surface area (Å²) >= 11 is 7.80. The number of benzene rings is 1. The van der Waals surface area contributed by atoms with Crippen molar-refractivity contribution in [3.05, 3.63) is 41.2 Å². The Balaban J connectivity index is 2.33. The Morgan fingerprint density at radius 3 is 2.75 bits per heavy atom. The maximum absolute atomic E-state index is 12.4. The third kappa shape index (κ3) is 3.25. The van der Waals surface area contributed by atoms with Gasteiger partial charge >= 0.3 is 0 Å². The average molecular weight is 309 g/mol. The summed E-state index contributed by atoms with van der Waals surface area (Å²) in [6, 6.07) is 7.73. The molecule has 106 valence electrons. The molecule has 0 saturated carbocycles. The van der Waals surface area contributed by atoms with Gasteiger partial charge in [0.15, 0.2) is 0 Å². The fourth-order valence-corrected chi connectivity index (χ4v) is 3.00. The molecule has 1 amide bonds. The SMILES string of the molecule is CCC(CSC)NC(=O)c1cnc(Cl)c2ccccc12. The van der Waals surface area contributed by atoms with E-state index in [-0.39, 0.29) is 11.9 Å². The third-order valence-electron chi connectivity index (χ3n) is 3.19. The van der Waals surface area contributed by atoms with Gasteiger partial charge in [-0.3, -0.25) is 4.79 Å². The van der Waals surface area contributed by atoms with Gasteiger partial charge in [-0.15, -0.1) is 0 Å². The van der Waals surface area contributed by atoms with Gasteiger partial charge in [-0.25, -0.2) is 4.98 Å². The number of aromatic nitrogens is 1. The van der Waals surface area contributed by atoms with Gasteiger partial charge < -0.3 is 5.32 Å². The largest absolute Gasteiger partial charge is 0.348 e. The van der Waals surface area contributed by atoms with Crippen LogP contribution in [0.3, 0.4) is 0 Å². The van der Waals surface area contributed by atoms with E-state index < -0.39 is 0 Å². The van der Waals surface area contributed by atoms with Gasteiger partial charge in [0, 0.05) is 23.4 Å². The number of nitrogens with one attached hydrogen (secondary N) is 1. The second kappa shape index (κ2) is 6.95. The van der Waals surface area contributed by atoms with Crippen LogP contribution in [0.25, 0.3) is 10.8 Å². The van der Waals surface area contributed by atoms with Crippen molar-refractivity contribution < 1.29 is 4.79 Å². The monoisotopic (exact) mass is 308 g/mol. The van der Waals surface area contributed by atoms with E-state index in [1.54, 1.807) is 18.0 Å². The highest BCUT2D eigenvalue weighted by Gasteiger charge is 2.15. The molecule has 0 fully saturated rings. The highest BCUT2D eigenvalue weighted by molar-refractivity contribution is 7.98. The van der Waals surface area contributed by atoms with Crippen LogP contribution < -0.4 is 5.32 Å². The van der Waals surface area contributed by atoms with Crippen molar-refractivity contribution in [1.29, 1.82) is 0 Å². The number of halogens is 1. The molecule has 2 rings (SSSR count). The van der Waals surface area contributed by atoms with E-state index in [1.807, 2.05) is 30.5 Å². The molecule has 20 heavy (non-hydrogen) atoms. The summed E-state index contributed by atoms with van der Waals surface area (Å²) in [4.78, 5) is 16.5. The highest BCUT2D eigenvalue weighted by atomic mass is 35.5. The van der Waals surface area contributed by atoms with Crippen molar-refractivity contribution in [3.8, 4) is 0 Å². The molecule has 1 heterocycles. The molecule has 0 aliphatic carbocycles. The lowest BCUT2D eigenvalue weighted by Crippen LogP contribution is -2.36. The zero-order chi connectivity index (χ0) is 14.5. The Labute approximate surface area is 128 Å². The van der Waals surface area contributed by atoms with Crippen molar-refractivity contribution in [2.75, 3.05) is 12.0 Å². The van der Waals surface area contributed by atoms with Crippen molar-refractivity contribution in [2.45, 2.75) is 19.4 Å². The van der Waals surface area contributed by atoms with E-state index in [2.05, 4.69) is 17.2 Å². The number of fused-ring (bicyclic) bond motifs is 1. The van der Waals surface area contributed by atoms with Crippen LogP contribution in [0.4, 0.5) is 0 Å². The van der Waals surface area contributed by atoms with E-state index >= 15 is 0 Å². The lowest BCUT2D eigenvalue weighted by atomic mass is 10.1. The van der Waals surface area contributed by atoms with Gasteiger partial charge in [-0.1, -0.05) is 42.8 Å². The topological polar surface area (TPSA) is 42.0 Å². The molecule has 1 aromatic carbocycles. The third-order valence-corrected chi connectivity index (χ3v) is 4.22. The van der Waals surface area contributed by atoms with Crippen molar-refractivity contribution >= 4 is 40.0 Å². The normalized spacial score (nSPS) is 12.3. The van der Waals surface area contributed by atoms with Crippen LogP contribution in [0.2, 0.25) is 5.15 Å². The average Bonchev–Trinajstić information content (AvgIpc) is 2.47. The van der Waals surface area contributed by atoms with Crippen LogP contribution in [0.15, 0.2) is 30.5 Å². The minimum Gasteiger partial charge on any atom is -0.348 e. The number of hydrogen-bond acceptors (Lipinski definition) is 3. The van der Waals surface area contributed by atoms with Crippen LogP contribution in [0.1, 0.15) is 23.7 Å². The molecule has 0 radical (unpaired) electrons. The van der Waals surface area contributed by atoms with Crippen LogP contribution >= 0.6 is 23.4 Å². The first-order chi connectivity index (χ1) is 9.67. The molecule has 1 N–H and O–H groups in total. The number of pyridine rings is 1. The Morgan fingerprint density at radius 2 is 2.10 bits per heavy atom. The maximum Gasteiger partial charge on any atom is 0.253 e. The molecule has 3 nitrogen and oxygen atoms in total. The predicted molar refractivity (Wildman–Crippen MR) is 86.7 cm³/mol. The van der Waals surface area contributed by atoms with E-state index in [1.165, 1.54) is 0 Å². The molecule has 1 aromatic heterocycles. The second-order valence-corrected chi connectivity index (χ2v) is 5.81. The van der Waals surface area contributed by atoms with Gasteiger partial charge in [-0.05, 0) is 18.1 Å². The number of hydrogen-bond donors (Lipinski definition) is 1. The molecule has 5 heteroatoms. The Bertz CT molecular complexity index is 618. The summed E-state index contributed by atoms with van der Waals surface area (Å²) in [7, 11) is 0. The molecule has 1 atom stereocenters. The van der Waals surface area contributed by atoms with Crippen molar-refractivity contribution in [3.63, 3.8) is 0 Å². The minimum atomic E-state index is -0.0914. The fraction of sp³-hybridized carbons (Fsp3) is 0.333. The summed E-state index contributed by atoms with van der Waals surface area (Å²) in [6.45, 7) is 2.07. The molecule has 0 spiro atoms. The first kappa shape index (κ1) is 15.1. The number of rotatable bonds is 5. The number of amides is 1. The van der Waals surface area contributed by atoms with Gasteiger partial charge in [0.05, 0.1) is 5.56 Å². The van der Waals surface area contributed by atoms with Crippen molar-refractivity contribution in [2.24, 2.45) is 0 Å². The molecular weight excluding hydrogens is 292 g/mol. The maximum atomic E-state index is 12.4. The van der Waals surface area contributed by atoms with Crippen molar-refractivity contribution in [1.82, 2.24) is 10.3 Å². The van der Waals surface area contributed by atoms with Gasteiger partial charge in [0.2, 0.25) is 0 Å². The molecule has 0 bridgehead atoms. The molecule has 2 aromatic rings. The Hall–Kier alpha value is -1.26. The summed E-state index contributed by atoms with van der Waals surface area (Å²) in [5.41, 5.74) is 0.574. The molecule has 0 aliphatic rings. The summed E-state index contributed by atoms with van der Waals surface area (Å²) in [6.07, 6.45) is 4.49. The molecular formula is C15H17ClN2OS. The zero-order valence-corrected chi connectivity index (χ0v) is 13.1.